The Morgan fingerprint density at radius 2 is 1.59 bits per heavy atom. The van der Waals surface area contributed by atoms with Crippen molar-refractivity contribution in [3.8, 4) is 5.75 Å². The van der Waals surface area contributed by atoms with Crippen LogP contribution in [-0.4, -0.2) is 109 Å². The summed E-state index contributed by atoms with van der Waals surface area (Å²) in [5.41, 5.74) is 6.44. The van der Waals surface area contributed by atoms with Gasteiger partial charge in [-0.25, -0.2) is 9.18 Å². The number of amides is 7. The number of benzene rings is 2. The Hall–Kier alpha value is -5.21. The molecule has 1 atom stereocenters. The Balaban J connectivity index is 1.01. The number of urea groups is 1. The molecule has 6 rings (SSSR count). The van der Waals surface area contributed by atoms with E-state index in [-0.39, 0.29) is 53.0 Å². The second-order valence-electron chi connectivity index (χ2n) is 11.7. The highest BCUT2D eigenvalue weighted by Gasteiger charge is 2.45. The maximum atomic E-state index is 14.5. The first-order valence-electron chi connectivity index (χ1n) is 15.1. The highest BCUT2D eigenvalue weighted by molar-refractivity contribution is 6.23. The van der Waals surface area contributed by atoms with Gasteiger partial charge in [0.25, 0.3) is 17.7 Å². The van der Waals surface area contributed by atoms with Crippen LogP contribution in [0.5, 0.6) is 5.75 Å². The summed E-state index contributed by atoms with van der Waals surface area (Å²) < 4.78 is 19.6. The van der Waals surface area contributed by atoms with Gasteiger partial charge in [-0.3, -0.25) is 34.2 Å². The first kappa shape index (κ1) is 30.8. The van der Waals surface area contributed by atoms with Crippen molar-refractivity contribution in [3.05, 3.63) is 52.8 Å². The van der Waals surface area contributed by atoms with Gasteiger partial charge in [-0.2, -0.15) is 0 Å². The van der Waals surface area contributed by atoms with Crippen molar-refractivity contribution < 1.29 is 37.9 Å². The average Bonchev–Trinajstić information content (AvgIpc) is 3.30. The lowest BCUT2D eigenvalue weighted by atomic mass is 10.0. The Morgan fingerprint density at radius 1 is 0.913 bits per heavy atom. The van der Waals surface area contributed by atoms with Crippen LogP contribution >= 0.6 is 0 Å². The van der Waals surface area contributed by atoms with Gasteiger partial charge in [0.1, 0.15) is 11.8 Å². The molecular weight excluding hydrogens is 601 g/mol. The summed E-state index contributed by atoms with van der Waals surface area (Å²) in [4.78, 5) is 82.6. The van der Waals surface area contributed by atoms with Crippen LogP contribution in [0.3, 0.4) is 0 Å². The van der Waals surface area contributed by atoms with E-state index in [0.29, 0.717) is 52.1 Å². The van der Waals surface area contributed by atoms with Crippen LogP contribution in [0, 0.1) is 5.82 Å². The molecule has 0 radical (unpaired) electrons. The number of hydrogen-bond donors (Lipinski definition) is 3. The molecule has 3 fully saturated rings. The summed E-state index contributed by atoms with van der Waals surface area (Å²) in [5, 5.41) is 5.03. The molecule has 3 saturated heterocycles. The molecule has 15 heteroatoms. The third-order valence-corrected chi connectivity index (χ3v) is 8.99. The maximum absolute atomic E-state index is 14.5. The van der Waals surface area contributed by atoms with Crippen LogP contribution < -0.4 is 26.0 Å². The molecule has 1 unspecified atom stereocenters. The molecule has 0 aliphatic carbocycles. The van der Waals surface area contributed by atoms with E-state index in [1.54, 1.807) is 28.0 Å². The van der Waals surface area contributed by atoms with E-state index in [1.807, 2.05) is 4.90 Å². The first-order valence-corrected chi connectivity index (χ1v) is 15.1. The van der Waals surface area contributed by atoms with Crippen molar-refractivity contribution in [1.82, 2.24) is 25.3 Å². The number of carbonyl (C=O) groups excluding carboxylic acids is 6. The second kappa shape index (κ2) is 12.3. The Bertz CT molecular complexity index is 1630. The fourth-order valence-corrected chi connectivity index (χ4v) is 6.39. The molecule has 7 amide bonds. The molecule has 4 aliphatic rings. The van der Waals surface area contributed by atoms with Crippen molar-refractivity contribution in [1.29, 1.82) is 0 Å². The van der Waals surface area contributed by atoms with E-state index in [2.05, 4.69) is 10.6 Å². The molecule has 4 aliphatic heterocycles. The largest absolute Gasteiger partial charge is 0.497 e. The first-order chi connectivity index (χ1) is 22.0. The molecule has 0 aromatic heterocycles. The van der Waals surface area contributed by atoms with Crippen molar-refractivity contribution >= 4 is 46.9 Å². The number of fused-ring (bicyclic) bond motifs is 1. The fraction of sp³-hybridized carbons (Fsp3) is 0.419. The van der Waals surface area contributed by atoms with Crippen molar-refractivity contribution in [2.24, 2.45) is 0 Å². The summed E-state index contributed by atoms with van der Waals surface area (Å²) in [6, 6.07) is 6.21. The van der Waals surface area contributed by atoms with Gasteiger partial charge < -0.3 is 30.5 Å². The number of anilines is 2. The van der Waals surface area contributed by atoms with Gasteiger partial charge in [0, 0.05) is 63.5 Å². The molecule has 0 saturated carbocycles. The van der Waals surface area contributed by atoms with Gasteiger partial charge in [-0.15, -0.1) is 0 Å². The summed E-state index contributed by atoms with van der Waals surface area (Å²) >= 11 is 0. The number of nitrogens with zero attached hydrogens (tertiary/aromatic N) is 4. The molecule has 242 valence electrons. The van der Waals surface area contributed by atoms with Gasteiger partial charge in [0.05, 0.1) is 29.5 Å². The quantitative estimate of drug-likeness (QED) is 0.319. The van der Waals surface area contributed by atoms with Crippen molar-refractivity contribution in [3.63, 3.8) is 0 Å². The van der Waals surface area contributed by atoms with Crippen LogP contribution in [0.2, 0.25) is 0 Å². The van der Waals surface area contributed by atoms with E-state index >= 15 is 0 Å². The zero-order valence-electron chi connectivity index (χ0n) is 25.2. The van der Waals surface area contributed by atoms with Crippen LogP contribution in [0.1, 0.15) is 56.8 Å². The standard InChI is InChI=1S/C31H34FN7O7/c1-46-19-15-22(26(32)23(33)16-19)27(41)34-17-6-8-37(9-7-17)31(45)38-12-10-36(11-13-38)18-2-3-20-21(14-18)30(44)39(29(20)43)24-4-5-25(40)35-28(24)42/h2-3,14-17,24H,4-13,33H2,1H3,(H,34,41)(H,35,40,42). The number of piperazine rings is 1. The minimum absolute atomic E-state index is 0.0497. The number of halogens is 1. The molecule has 4 heterocycles. The van der Waals surface area contributed by atoms with Gasteiger partial charge in [0.15, 0.2) is 5.82 Å². The molecule has 0 bridgehead atoms. The minimum atomic E-state index is -1.03. The molecule has 46 heavy (non-hydrogen) atoms. The fourth-order valence-electron chi connectivity index (χ4n) is 6.39. The summed E-state index contributed by atoms with van der Waals surface area (Å²) in [6.07, 6.45) is 1.16. The van der Waals surface area contributed by atoms with Crippen molar-refractivity contribution in [2.75, 3.05) is 57.0 Å². The number of ether oxygens (including phenoxy) is 1. The summed E-state index contributed by atoms with van der Waals surface area (Å²) in [6.45, 7) is 2.75. The number of nitrogens with two attached hydrogens (primary N) is 1. The normalized spacial score (nSPS) is 20.5. The van der Waals surface area contributed by atoms with Crippen LogP contribution in [-0.2, 0) is 9.59 Å². The van der Waals surface area contributed by atoms with Crippen LogP contribution in [0.15, 0.2) is 30.3 Å². The molecule has 4 N–H and O–H groups in total. The predicted molar refractivity (Wildman–Crippen MR) is 162 cm³/mol. The molecule has 2 aromatic carbocycles. The van der Waals surface area contributed by atoms with E-state index in [9.17, 15) is 33.2 Å². The number of rotatable bonds is 5. The lowest BCUT2D eigenvalue weighted by Crippen LogP contribution is -2.55. The highest BCUT2D eigenvalue weighted by Crippen LogP contribution is 2.31. The minimum Gasteiger partial charge on any atom is -0.497 e. The molecular formula is C31H34FN7O7. The summed E-state index contributed by atoms with van der Waals surface area (Å²) in [5.74, 6) is -3.33. The van der Waals surface area contributed by atoms with E-state index < -0.39 is 41.4 Å². The molecule has 0 spiro atoms. The van der Waals surface area contributed by atoms with Crippen molar-refractivity contribution in [2.45, 2.75) is 37.8 Å². The number of piperidine rings is 2. The monoisotopic (exact) mass is 635 g/mol. The third-order valence-electron chi connectivity index (χ3n) is 8.99. The number of nitrogen functional groups attached to an aromatic ring is 1. The Labute approximate surface area is 263 Å². The summed E-state index contributed by atoms with van der Waals surface area (Å²) in [7, 11) is 1.40. The third kappa shape index (κ3) is 5.68. The predicted octanol–water partition coefficient (Wildman–Crippen LogP) is 0.954. The lowest BCUT2D eigenvalue weighted by Gasteiger charge is -2.40. The highest BCUT2D eigenvalue weighted by atomic mass is 19.1. The Kier molecular flexibility index (Phi) is 8.23. The number of methoxy groups -OCH3 is 1. The smallest absolute Gasteiger partial charge is 0.320 e. The van der Waals surface area contributed by atoms with Crippen LogP contribution in [0.4, 0.5) is 20.6 Å². The maximum Gasteiger partial charge on any atom is 0.320 e. The number of carbonyl (C=O) groups is 6. The van der Waals surface area contributed by atoms with E-state index in [4.69, 9.17) is 10.5 Å². The molecule has 14 nitrogen and oxygen atoms in total. The second-order valence-corrected chi connectivity index (χ2v) is 11.7. The van der Waals surface area contributed by atoms with Crippen LogP contribution in [0.25, 0.3) is 0 Å². The van der Waals surface area contributed by atoms with E-state index in [1.165, 1.54) is 19.2 Å². The number of likely N-dealkylation sites (tertiary alicyclic amines) is 1. The zero-order valence-corrected chi connectivity index (χ0v) is 25.2. The topological polar surface area (TPSA) is 175 Å². The number of nitrogens with one attached hydrogen (secondary N) is 2. The average molecular weight is 636 g/mol. The SMILES string of the molecule is COc1cc(N)c(F)c(C(=O)NC2CCN(C(=O)N3CCN(c4ccc5c(c4)C(=O)N(C4CCC(=O)NC4=O)C5=O)CC3)CC2)c1. The van der Waals surface area contributed by atoms with Gasteiger partial charge in [-0.05, 0) is 43.5 Å². The number of imide groups is 2. The van der Waals surface area contributed by atoms with Gasteiger partial charge in [0.2, 0.25) is 11.8 Å². The molecule has 2 aromatic rings. The lowest BCUT2D eigenvalue weighted by molar-refractivity contribution is -0.136. The van der Waals surface area contributed by atoms with E-state index in [0.717, 1.165) is 10.6 Å². The van der Waals surface area contributed by atoms with Gasteiger partial charge in [-0.1, -0.05) is 0 Å². The zero-order chi connectivity index (χ0) is 32.7. The van der Waals surface area contributed by atoms with Gasteiger partial charge >= 0.3 is 6.03 Å². The Morgan fingerprint density at radius 3 is 2.26 bits per heavy atom. The number of hydrogen-bond acceptors (Lipinski definition) is 9.